The number of hydrogen-bond acceptors (Lipinski definition) is 5. The van der Waals surface area contributed by atoms with Crippen molar-refractivity contribution in [3.05, 3.63) is 76.7 Å². The van der Waals surface area contributed by atoms with Crippen molar-refractivity contribution < 1.29 is 4.39 Å². The second-order valence-electron chi connectivity index (χ2n) is 8.16. The molecule has 1 aromatic heterocycles. The number of nitrogens with one attached hydrogen (secondary N) is 2. The number of benzene rings is 2. The van der Waals surface area contributed by atoms with Crippen LogP contribution >= 0.6 is 11.6 Å². The quantitative estimate of drug-likeness (QED) is 0.449. The lowest BCUT2D eigenvalue weighted by Gasteiger charge is -2.27. The zero-order valence-corrected chi connectivity index (χ0v) is 18.4. The number of nitriles is 1. The van der Waals surface area contributed by atoms with Crippen LogP contribution in [0.4, 0.5) is 15.9 Å². The van der Waals surface area contributed by atoms with E-state index in [9.17, 15) is 9.65 Å². The minimum Gasteiger partial charge on any atom is -0.380 e. The van der Waals surface area contributed by atoms with Crippen molar-refractivity contribution in [2.24, 2.45) is 5.73 Å². The van der Waals surface area contributed by atoms with Gasteiger partial charge in [-0.2, -0.15) is 5.26 Å². The van der Waals surface area contributed by atoms with Crippen LogP contribution in [0.3, 0.4) is 0 Å². The fourth-order valence-electron chi connectivity index (χ4n) is 4.01. The molecule has 5 nitrogen and oxygen atoms in total. The summed E-state index contributed by atoms with van der Waals surface area (Å²) < 4.78 is 13.5. The predicted molar refractivity (Wildman–Crippen MR) is 127 cm³/mol. The maximum atomic E-state index is 13.5. The second kappa shape index (κ2) is 9.99. The van der Waals surface area contributed by atoms with Crippen LogP contribution in [0.2, 0.25) is 5.02 Å². The Balaban J connectivity index is 1.56. The largest absolute Gasteiger partial charge is 0.380 e. The van der Waals surface area contributed by atoms with Crippen molar-refractivity contribution >= 4 is 23.1 Å². The monoisotopic (exact) mass is 449 g/mol. The van der Waals surface area contributed by atoms with Gasteiger partial charge in [0.15, 0.2) is 0 Å². The van der Waals surface area contributed by atoms with Crippen LogP contribution in [0.1, 0.15) is 36.8 Å². The number of pyridine rings is 1. The van der Waals surface area contributed by atoms with Crippen molar-refractivity contribution in [2.45, 2.75) is 44.3 Å². The molecule has 0 spiro atoms. The molecule has 1 aliphatic rings. The molecule has 4 rings (SSSR count). The summed E-state index contributed by atoms with van der Waals surface area (Å²) in [6, 6.07) is 16.7. The number of anilines is 2. The van der Waals surface area contributed by atoms with Gasteiger partial charge in [-0.3, -0.25) is 0 Å². The standard InChI is InChI=1S/C25H25ClFN5/c26-23-15-31-25(32-21-8-6-20(29)7-9-21)12-22(23)17-4-5-18(13-28)24(11-17)30-14-16-2-1-3-19(27)10-16/h1-5,10-12,15,20-21,30H,6-9,14,29H2,(H,31,32)/t20-,21-. The average Bonchev–Trinajstić information content (AvgIpc) is 2.80. The molecule has 3 aromatic rings. The molecule has 1 fully saturated rings. The first-order chi connectivity index (χ1) is 15.5. The molecule has 1 aliphatic carbocycles. The highest BCUT2D eigenvalue weighted by atomic mass is 35.5. The molecule has 0 aliphatic heterocycles. The van der Waals surface area contributed by atoms with E-state index in [1.165, 1.54) is 12.1 Å². The van der Waals surface area contributed by atoms with Gasteiger partial charge in [-0.05, 0) is 67.1 Å². The number of hydrogen-bond donors (Lipinski definition) is 3. The van der Waals surface area contributed by atoms with Gasteiger partial charge in [0.05, 0.1) is 16.3 Å². The Kier molecular flexibility index (Phi) is 6.89. The Morgan fingerprint density at radius 3 is 2.69 bits per heavy atom. The summed E-state index contributed by atoms with van der Waals surface area (Å²) in [6.45, 7) is 0.399. The Bertz CT molecular complexity index is 1140. The molecule has 164 valence electrons. The van der Waals surface area contributed by atoms with Crippen LogP contribution in [0.5, 0.6) is 0 Å². The number of nitrogens with zero attached hydrogens (tertiary/aromatic N) is 2. The van der Waals surface area contributed by atoms with Crippen molar-refractivity contribution in [1.29, 1.82) is 5.26 Å². The van der Waals surface area contributed by atoms with Gasteiger partial charge in [0, 0.05) is 30.4 Å². The maximum absolute atomic E-state index is 13.5. The van der Waals surface area contributed by atoms with E-state index in [2.05, 4.69) is 21.7 Å². The van der Waals surface area contributed by atoms with Crippen LogP contribution < -0.4 is 16.4 Å². The maximum Gasteiger partial charge on any atom is 0.126 e. The van der Waals surface area contributed by atoms with E-state index in [0.717, 1.165) is 48.2 Å². The number of halogens is 2. The molecular formula is C25H25ClFN5. The van der Waals surface area contributed by atoms with Gasteiger partial charge in [-0.25, -0.2) is 9.37 Å². The van der Waals surface area contributed by atoms with Crippen molar-refractivity contribution in [1.82, 2.24) is 4.98 Å². The lowest BCUT2D eigenvalue weighted by Crippen LogP contribution is -2.33. The van der Waals surface area contributed by atoms with E-state index < -0.39 is 0 Å². The fraction of sp³-hybridized carbons (Fsp3) is 0.280. The molecule has 32 heavy (non-hydrogen) atoms. The van der Waals surface area contributed by atoms with E-state index in [-0.39, 0.29) is 5.82 Å². The summed E-state index contributed by atoms with van der Waals surface area (Å²) in [4.78, 5) is 4.44. The normalized spacial score (nSPS) is 18.1. The second-order valence-corrected chi connectivity index (χ2v) is 8.57. The number of rotatable bonds is 6. The third-order valence-corrected chi connectivity index (χ3v) is 6.10. The minimum absolute atomic E-state index is 0.290. The van der Waals surface area contributed by atoms with E-state index in [4.69, 9.17) is 17.3 Å². The third kappa shape index (κ3) is 5.37. The van der Waals surface area contributed by atoms with E-state index >= 15 is 0 Å². The SMILES string of the molecule is N#Cc1ccc(-c2cc(N[C@H]3CC[C@H](N)CC3)ncc2Cl)cc1NCc1cccc(F)c1. The molecule has 1 heterocycles. The zero-order chi connectivity index (χ0) is 22.5. The Hall–Kier alpha value is -3.14. The summed E-state index contributed by atoms with van der Waals surface area (Å²) in [6.07, 6.45) is 5.70. The van der Waals surface area contributed by atoms with Crippen molar-refractivity contribution in [3.8, 4) is 17.2 Å². The van der Waals surface area contributed by atoms with Gasteiger partial charge in [0.1, 0.15) is 17.7 Å². The Morgan fingerprint density at radius 1 is 1.12 bits per heavy atom. The first-order valence-corrected chi connectivity index (χ1v) is 11.1. The Labute approximate surface area is 192 Å². The van der Waals surface area contributed by atoms with Gasteiger partial charge >= 0.3 is 0 Å². The molecule has 0 unspecified atom stereocenters. The highest BCUT2D eigenvalue weighted by Gasteiger charge is 2.19. The predicted octanol–water partition coefficient (Wildman–Crippen LogP) is 5.71. The fourth-order valence-corrected chi connectivity index (χ4v) is 4.22. The molecule has 4 N–H and O–H groups in total. The molecule has 0 saturated heterocycles. The first-order valence-electron chi connectivity index (χ1n) is 10.7. The van der Waals surface area contributed by atoms with Crippen molar-refractivity contribution in [2.75, 3.05) is 10.6 Å². The summed E-state index contributed by atoms with van der Waals surface area (Å²) in [5.41, 5.74) is 9.67. The molecule has 2 aromatic carbocycles. The van der Waals surface area contributed by atoms with Gasteiger partial charge in [0.2, 0.25) is 0 Å². The van der Waals surface area contributed by atoms with E-state index in [1.54, 1.807) is 18.3 Å². The zero-order valence-electron chi connectivity index (χ0n) is 17.6. The van der Waals surface area contributed by atoms with E-state index in [0.29, 0.717) is 34.9 Å². The van der Waals surface area contributed by atoms with Gasteiger partial charge in [0.25, 0.3) is 0 Å². The number of nitrogens with two attached hydrogens (primary N) is 1. The lowest BCUT2D eigenvalue weighted by atomic mass is 9.92. The minimum atomic E-state index is -0.290. The summed E-state index contributed by atoms with van der Waals surface area (Å²) in [5, 5.41) is 16.8. The average molecular weight is 450 g/mol. The molecule has 1 saturated carbocycles. The molecule has 0 bridgehead atoms. The van der Waals surface area contributed by atoms with Gasteiger partial charge in [-0.15, -0.1) is 0 Å². The smallest absolute Gasteiger partial charge is 0.126 e. The molecule has 7 heteroatoms. The molecular weight excluding hydrogens is 425 g/mol. The van der Waals surface area contributed by atoms with Crippen LogP contribution in [-0.2, 0) is 6.54 Å². The van der Waals surface area contributed by atoms with Crippen LogP contribution in [-0.4, -0.2) is 17.1 Å². The highest BCUT2D eigenvalue weighted by Crippen LogP contribution is 2.33. The molecule has 0 radical (unpaired) electrons. The summed E-state index contributed by atoms with van der Waals surface area (Å²) in [5.74, 6) is 0.477. The Morgan fingerprint density at radius 2 is 1.94 bits per heavy atom. The number of aromatic nitrogens is 1. The van der Waals surface area contributed by atoms with Crippen molar-refractivity contribution in [3.63, 3.8) is 0 Å². The summed E-state index contributed by atoms with van der Waals surface area (Å²) >= 11 is 6.48. The first kappa shape index (κ1) is 22.1. The lowest BCUT2D eigenvalue weighted by molar-refractivity contribution is 0.410. The van der Waals surface area contributed by atoms with E-state index in [1.807, 2.05) is 24.3 Å². The van der Waals surface area contributed by atoms with Gasteiger partial charge < -0.3 is 16.4 Å². The van der Waals surface area contributed by atoms with Gasteiger partial charge in [-0.1, -0.05) is 29.8 Å². The van der Waals surface area contributed by atoms with Crippen LogP contribution in [0.25, 0.3) is 11.1 Å². The topological polar surface area (TPSA) is 86.8 Å². The third-order valence-electron chi connectivity index (χ3n) is 5.80. The highest BCUT2D eigenvalue weighted by molar-refractivity contribution is 6.33. The summed E-state index contributed by atoms with van der Waals surface area (Å²) in [7, 11) is 0. The molecule has 0 atom stereocenters. The van der Waals surface area contributed by atoms with Crippen LogP contribution in [0.15, 0.2) is 54.7 Å². The van der Waals surface area contributed by atoms with Crippen LogP contribution in [0, 0.1) is 17.1 Å². The molecule has 0 amide bonds.